The van der Waals surface area contributed by atoms with Gasteiger partial charge in [-0.2, -0.15) is 11.3 Å². The van der Waals surface area contributed by atoms with Gasteiger partial charge in [0.1, 0.15) is 11.2 Å². The summed E-state index contributed by atoms with van der Waals surface area (Å²) >= 11 is 2.83. The molecule has 2 aromatic heterocycles. The second-order valence-corrected chi connectivity index (χ2v) is 12.2. The summed E-state index contributed by atoms with van der Waals surface area (Å²) in [7, 11) is 0. The Balaban J connectivity index is 1.60. The molecule has 2 bridgehead atoms. The quantitative estimate of drug-likeness (QED) is 0.702. The zero-order valence-electron chi connectivity index (χ0n) is 19.2. The molecule has 4 unspecified atom stereocenters. The van der Waals surface area contributed by atoms with Gasteiger partial charge in [-0.1, -0.05) is 27.2 Å². The lowest BCUT2D eigenvalue weighted by atomic mass is 9.84. The van der Waals surface area contributed by atoms with Gasteiger partial charge in [-0.05, 0) is 72.4 Å². The Labute approximate surface area is 196 Å². The molecule has 0 aromatic carbocycles. The van der Waals surface area contributed by atoms with E-state index in [9.17, 15) is 14.4 Å². The number of carbonyl (C=O) groups is 2. The molecule has 5 nitrogen and oxygen atoms in total. The predicted octanol–water partition coefficient (Wildman–Crippen LogP) is 3.14. The molecule has 172 valence electrons. The Morgan fingerprint density at radius 1 is 1.28 bits per heavy atom. The normalized spacial score (nSPS) is 24.8. The summed E-state index contributed by atoms with van der Waals surface area (Å²) in [5.74, 6) is 1.85. The van der Waals surface area contributed by atoms with E-state index in [0.29, 0.717) is 15.1 Å². The van der Waals surface area contributed by atoms with Crippen molar-refractivity contribution >= 4 is 46.5 Å². The lowest BCUT2D eigenvalue weighted by molar-refractivity contribution is -0.123. The number of hydrogen-bond acceptors (Lipinski definition) is 5. The minimum absolute atomic E-state index is 0.0645. The number of carbonyl (C=O) groups excluding carboxylic acids is 2. The number of nitrogens with zero attached hydrogens (tertiary/aromatic N) is 1. The van der Waals surface area contributed by atoms with Crippen molar-refractivity contribution in [2.45, 2.75) is 66.0 Å². The first kappa shape index (κ1) is 23.2. The minimum Gasteiger partial charge on any atom is -0.352 e. The summed E-state index contributed by atoms with van der Waals surface area (Å²) in [5, 5.41) is 7.07. The fourth-order valence-electron chi connectivity index (χ4n) is 5.09. The second kappa shape index (κ2) is 9.10. The summed E-state index contributed by atoms with van der Waals surface area (Å²) in [4.78, 5) is 38.7. The number of amides is 1. The number of Topliss-reactive ketones (excluding diaryl/α,β-unsaturated/α-hetero) is 1. The monoisotopic (exact) mass is 472 g/mol. The standard InChI is InChI=1S/C25H32N2O3S2/c1-15(19-10-16-5-6-18(19)9-16)26-22(29)13-27-23(12-21(28)25(2,3)4)32-20(24(27)30)11-17-7-8-31-14-17/h7-8,11-12,14-16,18-19H,5-6,9-10,13H2,1-4H3,(H,26,29)/b20-11+,23-12-. The maximum absolute atomic E-state index is 13.2. The lowest BCUT2D eigenvalue weighted by Gasteiger charge is -2.28. The van der Waals surface area contributed by atoms with E-state index in [4.69, 9.17) is 0 Å². The largest absolute Gasteiger partial charge is 0.352 e. The third-order valence-electron chi connectivity index (χ3n) is 6.90. The molecule has 2 aliphatic carbocycles. The van der Waals surface area contributed by atoms with Crippen LogP contribution in [0, 0.1) is 23.2 Å². The van der Waals surface area contributed by atoms with Gasteiger partial charge in [0.15, 0.2) is 5.78 Å². The smallest absolute Gasteiger partial charge is 0.269 e. The highest BCUT2D eigenvalue weighted by atomic mass is 32.1. The maximum Gasteiger partial charge on any atom is 0.269 e. The van der Waals surface area contributed by atoms with Gasteiger partial charge < -0.3 is 5.32 Å². The third-order valence-corrected chi connectivity index (χ3v) is 8.66. The zero-order valence-corrected chi connectivity index (χ0v) is 20.9. The average Bonchev–Trinajstić information content (AvgIpc) is 3.50. The maximum atomic E-state index is 13.2. The number of nitrogens with one attached hydrogen (secondary N) is 1. The van der Waals surface area contributed by atoms with Crippen LogP contribution in [0.15, 0.2) is 21.6 Å². The first-order valence-corrected chi connectivity index (χ1v) is 13.2. The van der Waals surface area contributed by atoms with Crippen LogP contribution in [-0.2, 0) is 16.1 Å². The Hall–Kier alpha value is -1.99. The van der Waals surface area contributed by atoms with E-state index < -0.39 is 5.41 Å². The van der Waals surface area contributed by atoms with Crippen LogP contribution in [0.3, 0.4) is 0 Å². The Morgan fingerprint density at radius 2 is 2.06 bits per heavy atom. The van der Waals surface area contributed by atoms with Crippen LogP contribution < -0.4 is 20.1 Å². The number of rotatable bonds is 6. The molecule has 2 fully saturated rings. The van der Waals surface area contributed by atoms with Gasteiger partial charge in [0, 0.05) is 17.5 Å². The molecule has 4 atom stereocenters. The molecule has 2 aromatic rings. The molecule has 4 rings (SSSR count). The van der Waals surface area contributed by atoms with Crippen molar-refractivity contribution in [1.82, 2.24) is 9.88 Å². The van der Waals surface area contributed by atoms with E-state index in [0.717, 1.165) is 17.4 Å². The van der Waals surface area contributed by atoms with E-state index in [2.05, 4.69) is 12.2 Å². The lowest BCUT2D eigenvalue weighted by Crippen LogP contribution is -2.44. The van der Waals surface area contributed by atoms with Crippen molar-refractivity contribution in [3.63, 3.8) is 0 Å². The van der Waals surface area contributed by atoms with Crippen molar-refractivity contribution in [3.05, 3.63) is 41.9 Å². The number of aromatic nitrogens is 1. The van der Waals surface area contributed by atoms with Gasteiger partial charge >= 0.3 is 0 Å². The van der Waals surface area contributed by atoms with Crippen LogP contribution in [0.5, 0.6) is 0 Å². The molecular formula is C25H32N2O3S2. The van der Waals surface area contributed by atoms with E-state index in [-0.39, 0.29) is 29.8 Å². The van der Waals surface area contributed by atoms with Gasteiger partial charge in [-0.3, -0.25) is 19.0 Å². The molecule has 0 spiro atoms. The number of hydrogen-bond donors (Lipinski definition) is 1. The Kier molecular flexibility index (Phi) is 6.59. The number of fused-ring (bicyclic) bond motifs is 2. The zero-order chi connectivity index (χ0) is 23.0. The first-order valence-electron chi connectivity index (χ1n) is 11.4. The molecule has 32 heavy (non-hydrogen) atoms. The number of thiophene rings is 1. The Bertz CT molecular complexity index is 1170. The molecule has 2 aliphatic rings. The van der Waals surface area contributed by atoms with Gasteiger partial charge in [-0.15, -0.1) is 11.3 Å². The molecule has 2 heterocycles. The molecule has 2 saturated carbocycles. The number of ketones is 1. The van der Waals surface area contributed by atoms with Crippen LogP contribution >= 0.6 is 22.7 Å². The van der Waals surface area contributed by atoms with E-state index in [1.807, 2.05) is 43.7 Å². The van der Waals surface area contributed by atoms with E-state index in [1.54, 1.807) is 11.3 Å². The highest BCUT2D eigenvalue weighted by Crippen LogP contribution is 2.49. The van der Waals surface area contributed by atoms with E-state index in [1.165, 1.54) is 47.7 Å². The second-order valence-electron chi connectivity index (χ2n) is 10.4. The average molecular weight is 473 g/mol. The molecule has 1 amide bonds. The van der Waals surface area contributed by atoms with Gasteiger partial charge in [-0.25, -0.2) is 0 Å². The van der Waals surface area contributed by atoms with Crippen molar-refractivity contribution in [2.75, 3.05) is 0 Å². The fraction of sp³-hybridized carbons (Fsp3) is 0.560. The number of thiazole rings is 1. The van der Waals surface area contributed by atoms with Gasteiger partial charge in [0.25, 0.3) is 5.56 Å². The predicted molar refractivity (Wildman–Crippen MR) is 131 cm³/mol. The van der Waals surface area contributed by atoms with Gasteiger partial charge in [0.2, 0.25) is 5.91 Å². The molecule has 0 saturated heterocycles. The van der Waals surface area contributed by atoms with Crippen molar-refractivity contribution in [2.24, 2.45) is 23.2 Å². The topological polar surface area (TPSA) is 68.2 Å². The highest BCUT2D eigenvalue weighted by Gasteiger charge is 2.42. The van der Waals surface area contributed by atoms with Crippen LogP contribution in [0.4, 0.5) is 0 Å². The van der Waals surface area contributed by atoms with Crippen LogP contribution in [0.25, 0.3) is 12.2 Å². The summed E-state index contributed by atoms with van der Waals surface area (Å²) < 4.78 is 2.51. The third kappa shape index (κ3) is 4.99. The first-order chi connectivity index (χ1) is 15.1. The van der Waals surface area contributed by atoms with Crippen LogP contribution in [0.2, 0.25) is 0 Å². The summed E-state index contributed by atoms with van der Waals surface area (Å²) in [6, 6.07) is 2.05. The Morgan fingerprint density at radius 3 is 2.66 bits per heavy atom. The van der Waals surface area contributed by atoms with Crippen molar-refractivity contribution < 1.29 is 9.59 Å². The van der Waals surface area contributed by atoms with Crippen molar-refractivity contribution in [3.8, 4) is 0 Å². The SMILES string of the molecule is CC(NC(=O)Cn1c(=O)/c(=C\c2ccsc2)s/c1=C\C(=O)C(C)(C)C)C1CC2CCC1C2. The van der Waals surface area contributed by atoms with Crippen LogP contribution in [-0.4, -0.2) is 22.3 Å². The molecule has 1 N–H and O–H groups in total. The minimum atomic E-state index is -0.555. The van der Waals surface area contributed by atoms with Crippen molar-refractivity contribution in [1.29, 1.82) is 0 Å². The highest BCUT2D eigenvalue weighted by molar-refractivity contribution is 7.08. The summed E-state index contributed by atoms with van der Waals surface area (Å²) in [6.45, 7) is 7.57. The molecule has 7 heteroatoms. The summed E-state index contributed by atoms with van der Waals surface area (Å²) in [5.41, 5.74) is 0.168. The summed E-state index contributed by atoms with van der Waals surface area (Å²) in [6.07, 6.45) is 8.44. The van der Waals surface area contributed by atoms with Crippen LogP contribution in [0.1, 0.15) is 58.9 Å². The van der Waals surface area contributed by atoms with E-state index >= 15 is 0 Å². The van der Waals surface area contributed by atoms with Gasteiger partial charge in [0.05, 0.1) is 4.53 Å². The molecule has 0 radical (unpaired) electrons. The molecule has 0 aliphatic heterocycles. The molecular weight excluding hydrogens is 440 g/mol. The fourth-order valence-corrected chi connectivity index (χ4v) is 6.75.